The van der Waals surface area contributed by atoms with Gasteiger partial charge in [0.25, 0.3) is 0 Å². The van der Waals surface area contributed by atoms with Crippen LogP contribution in [0.1, 0.15) is 0 Å². The highest BCUT2D eigenvalue weighted by molar-refractivity contribution is 5.63. The molecule has 0 spiro atoms. The van der Waals surface area contributed by atoms with Crippen LogP contribution < -0.4 is 14.2 Å². The van der Waals surface area contributed by atoms with Crippen molar-refractivity contribution >= 4 is 0 Å². The minimum atomic E-state index is 0.0580. The van der Waals surface area contributed by atoms with Crippen molar-refractivity contribution in [2.45, 2.75) is 0 Å². The van der Waals surface area contributed by atoms with Crippen LogP contribution in [-0.4, -0.2) is 34.0 Å². The van der Waals surface area contributed by atoms with Crippen LogP contribution in [0.15, 0.2) is 42.6 Å². The van der Waals surface area contributed by atoms with Gasteiger partial charge in [0.05, 0.1) is 19.0 Å². The summed E-state index contributed by atoms with van der Waals surface area (Å²) in [6.07, 6.45) is 1.78. The van der Waals surface area contributed by atoms with Gasteiger partial charge in [-0.05, 0) is 30.3 Å². The standard InChI is InChI=1S/C16H13N3O4/c1-21-14-4-2-10(6-13(14)20)12-8-19(18-17-12)11-3-5-15-16(7-11)23-9-22-15/h2-8,20H,9H2,1H3. The smallest absolute Gasteiger partial charge is 0.231 e. The molecule has 0 saturated heterocycles. The first-order chi connectivity index (χ1) is 11.2. The summed E-state index contributed by atoms with van der Waals surface area (Å²) in [5.74, 6) is 1.87. The summed E-state index contributed by atoms with van der Waals surface area (Å²) in [4.78, 5) is 0. The van der Waals surface area contributed by atoms with Crippen molar-refractivity contribution in [3.63, 3.8) is 0 Å². The van der Waals surface area contributed by atoms with Gasteiger partial charge < -0.3 is 19.3 Å². The average Bonchev–Trinajstić information content (AvgIpc) is 3.23. The number of hydrogen-bond donors (Lipinski definition) is 1. The minimum absolute atomic E-state index is 0.0580. The zero-order chi connectivity index (χ0) is 15.8. The molecule has 1 aliphatic heterocycles. The molecule has 1 aromatic heterocycles. The second-order valence-electron chi connectivity index (χ2n) is 4.97. The molecule has 0 fully saturated rings. The number of hydrogen-bond acceptors (Lipinski definition) is 6. The molecule has 0 unspecified atom stereocenters. The van der Waals surface area contributed by atoms with Crippen LogP contribution in [0.5, 0.6) is 23.0 Å². The lowest BCUT2D eigenvalue weighted by atomic mass is 10.1. The van der Waals surface area contributed by atoms with Gasteiger partial charge in [0.2, 0.25) is 6.79 Å². The quantitative estimate of drug-likeness (QED) is 0.800. The average molecular weight is 311 g/mol. The van der Waals surface area contributed by atoms with Gasteiger partial charge in [0.15, 0.2) is 23.0 Å². The first-order valence-electron chi connectivity index (χ1n) is 6.94. The molecule has 7 nitrogen and oxygen atoms in total. The summed E-state index contributed by atoms with van der Waals surface area (Å²) >= 11 is 0. The molecule has 23 heavy (non-hydrogen) atoms. The Morgan fingerprint density at radius 1 is 1.13 bits per heavy atom. The Bertz CT molecular complexity index is 876. The van der Waals surface area contributed by atoms with Crippen molar-refractivity contribution in [1.29, 1.82) is 0 Å². The van der Waals surface area contributed by atoms with E-state index in [1.807, 2.05) is 24.3 Å². The molecule has 0 amide bonds. The second kappa shape index (κ2) is 5.20. The monoisotopic (exact) mass is 311 g/mol. The third kappa shape index (κ3) is 2.32. The molecule has 3 aromatic rings. The lowest BCUT2D eigenvalue weighted by molar-refractivity contribution is 0.174. The minimum Gasteiger partial charge on any atom is -0.504 e. The number of nitrogens with zero attached hydrogens (tertiary/aromatic N) is 3. The molecule has 0 atom stereocenters. The molecule has 0 saturated carbocycles. The summed E-state index contributed by atoms with van der Waals surface area (Å²) < 4.78 is 17.3. The first kappa shape index (κ1) is 13.4. The zero-order valence-electron chi connectivity index (χ0n) is 12.3. The van der Waals surface area contributed by atoms with E-state index >= 15 is 0 Å². The first-order valence-corrected chi connectivity index (χ1v) is 6.94. The third-order valence-electron chi connectivity index (χ3n) is 3.59. The van der Waals surface area contributed by atoms with E-state index in [9.17, 15) is 5.11 Å². The lowest BCUT2D eigenvalue weighted by Gasteiger charge is -2.04. The van der Waals surface area contributed by atoms with Crippen LogP contribution in [0.2, 0.25) is 0 Å². The summed E-state index contributed by atoms with van der Waals surface area (Å²) in [5, 5.41) is 18.1. The van der Waals surface area contributed by atoms with Crippen LogP contribution in [0.4, 0.5) is 0 Å². The van der Waals surface area contributed by atoms with E-state index in [4.69, 9.17) is 14.2 Å². The summed E-state index contributed by atoms with van der Waals surface area (Å²) in [6, 6.07) is 10.6. The Labute approximate surface area is 131 Å². The van der Waals surface area contributed by atoms with Crippen molar-refractivity contribution < 1.29 is 19.3 Å². The van der Waals surface area contributed by atoms with E-state index < -0.39 is 0 Å². The normalized spacial score (nSPS) is 12.4. The maximum Gasteiger partial charge on any atom is 0.231 e. The lowest BCUT2D eigenvalue weighted by Crippen LogP contribution is -1.94. The maximum absolute atomic E-state index is 9.87. The molecule has 2 heterocycles. The third-order valence-corrected chi connectivity index (χ3v) is 3.59. The van der Waals surface area contributed by atoms with Crippen LogP contribution >= 0.6 is 0 Å². The number of phenols is 1. The van der Waals surface area contributed by atoms with Gasteiger partial charge in [-0.25, -0.2) is 4.68 Å². The van der Waals surface area contributed by atoms with E-state index in [-0.39, 0.29) is 12.5 Å². The fourth-order valence-electron chi connectivity index (χ4n) is 2.40. The van der Waals surface area contributed by atoms with Crippen LogP contribution in [-0.2, 0) is 0 Å². The number of rotatable bonds is 3. The van der Waals surface area contributed by atoms with Crippen LogP contribution in [0, 0.1) is 0 Å². The Morgan fingerprint density at radius 2 is 2.00 bits per heavy atom. The fourth-order valence-corrected chi connectivity index (χ4v) is 2.40. The van der Waals surface area contributed by atoms with Gasteiger partial charge in [-0.1, -0.05) is 5.21 Å². The van der Waals surface area contributed by atoms with E-state index in [1.54, 1.807) is 23.0 Å². The molecule has 1 aliphatic rings. The van der Waals surface area contributed by atoms with E-state index in [1.165, 1.54) is 7.11 Å². The zero-order valence-corrected chi connectivity index (χ0v) is 12.3. The van der Waals surface area contributed by atoms with Gasteiger partial charge in [-0.15, -0.1) is 5.10 Å². The predicted molar refractivity (Wildman–Crippen MR) is 81.1 cm³/mol. The topological polar surface area (TPSA) is 78.6 Å². The predicted octanol–water partition coefficient (Wildman–Crippen LogP) is 2.38. The number of phenolic OH excluding ortho intramolecular Hbond substituents is 1. The molecule has 0 aliphatic carbocycles. The van der Waals surface area contributed by atoms with Gasteiger partial charge in [-0.3, -0.25) is 0 Å². The number of fused-ring (bicyclic) bond motifs is 1. The molecule has 2 aromatic carbocycles. The second-order valence-corrected chi connectivity index (χ2v) is 4.97. The van der Waals surface area contributed by atoms with Crippen LogP contribution in [0.25, 0.3) is 16.9 Å². The largest absolute Gasteiger partial charge is 0.504 e. The summed E-state index contributed by atoms with van der Waals surface area (Å²) in [6.45, 7) is 0.229. The highest BCUT2D eigenvalue weighted by Crippen LogP contribution is 2.34. The number of methoxy groups -OCH3 is 1. The summed E-state index contributed by atoms with van der Waals surface area (Å²) in [7, 11) is 1.50. The molecule has 0 radical (unpaired) electrons. The molecular weight excluding hydrogens is 298 g/mol. The highest BCUT2D eigenvalue weighted by atomic mass is 16.7. The highest BCUT2D eigenvalue weighted by Gasteiger charge is 2.15. The van der Waals surface area contributed by atoms with Gasteiger partial charge in [0, 0.05) is 11.6 Å². The van der Waals surface area contributed by atoms with Crippen molar-refractivity contribution in [3.05, 3.63) is 42.6 Å². The van der Waals surface area contributed by atoms with Gasteiger partial charge in [0.1, 0.15) is 5.69 Å². The van der Waals surface area contributed by atoms with Gasteiger partial charge in [-0.2, -0.15) is 0 Å². The molecule has 1 N–H and O–H groups in total. The van der Waals surface area contributed by atoms with Crippen LogP contribution in [0.3, 0.4) is 0 Å². The number of benzene rings is 2. The Hall–Kier alpha value is -3.22. The molecule has 0 bridgehead atoms. The van der Waals surface area contributed by atoms with Crippen molar-refractivity contribution in [2.24, 2.45) is 0 Å². The number of aromatic hydroxyl groups is 1. The Balaban J connectivity index is 1.68. The van der Waals surface area contributed by atoms with E-state index in [2.05, 4.69) is 10.3 Å². The molecule has 116 valence electrons. The van der Waals surface area contributed by atoms with Crippen molar-refractivity contribution in [2.75, 3.05) is 13.9 Å². The fraction of sp³-hybridized carbons (Fsp3) is 0.125. The Morgan fingerprint density at radius 3 is 2.83 bits per heavy atom. The van der Waals surface area contributed by atoms with E-state index in [0.717, 1.165) is 11.3 Å². The number of ether oxygens (including phenoxy) is 3. The van der Waals surface area contributed by atoms with E-state index in [0.29, 0.717) is 22.9 Å². The molecule has 4 rings (SSSR count). The SMILES string of the molecule is COc1ccc(-c2cn(-c3ccc4c(c3)OCO4)nn2)cc1O. The van der Waals surface area contributed by atoms with Crippen molar-refractivity contribution in [3.8, 4) is 39.9 Å². The molecular formula is C16H13N3O4. The van der Waals surface area contributed by atoms with Gasteiger partial charge >= 0.3 is 0 Å². The Kier molecular flexibility index (Phi) is 3.04. The summed E-state index contributed by atoms with van der Waals surface area (Å²) in [5.41, 5.74) is 2.20. The molecule has 7 heteroatoms. The maximum atomic E-state index is 9.87. The number of aromatic nitrogens is 3. The van der Waals surface area contributed by atoms with Crippen molar-refractivity contribution in [1.82, 2.24) is 15.0 Å².